The SMILES string of the molecule is CC(C)(C)C1CC1(OC(N)=O)c1ccc(C(=O)NN)cc1. The van der Waals surface area contributed by atoms with Crippen molar-refractivity contribution in [1.29, 1.82) is 0 Å². The fourth-order valence-electron chi connectivity index (χ4n) is 2.91. The summed E-state index contributed by atoms with van der Waals surface area (Å²) in [5.41, 5.74) is 7.88. The van der Waals surface area contributed by atoms with Crippen LogP contribution >= 0.6 is 0 Å². The van der Waals surface area contributed by atoms with Gasteiger partial charge in [0.2, 0.25) is 0 Å². The molecule has 6 nitrogen and oxygen atoms in total. The van der Waals surface area contributed by atoms with E-state index in [9.17, 15) is 9.59 Å². The van der Waals surface area contributed by atoms with Crippen molar-refractivity contribution in [1.82, 2.24) is 5.43 Å². The Morgan fingerprint density at radius 2 is 1.86 bits per heavy atom. The minimum atomic E-state index is -0.787. The van der Waals surface area contributed by atoms with Crippen LogP contribution < -0.4 is 17.0 Å². The molecule has 0 bridgehead atoms. The van der Waals surface area contributed by atoms with Crippen molar-refractivity contribution in [3.63, 3.8) is 0 Å². The number of carbonyl (C=O) groups excluding carboxylic acids is 2. The first-order valence-electron chi connectivity index (χ1n) is 6.80. The molecular weight excluding hydrogens is 270 g/mol. The van der Waals surface area contributed by atoms with Gasteiger partial charge in [0.1, 0.15) is 5.60 Å². The topological polar surface area (TPSA) is 107 Å². The minimum absolute atomic E-state index is 0.0112. The zero-order chi connectivity index (χ0) is 15.8. The molecule has 0 saturated heterocycles. The molecule has 6 heteroatoms. The summed E-state index contributed by atoms with van der Waals surface area (Å²) in [6.45, 7) is 6.29. The van der Waals surface area contributed by atoms with E-state index < -0.39 is 11.7 Å². The normalized spacial score (nSPS) is 24.3. The minimum Gasteiger partial charge on any atom is -0.438 e. The Balaban J connectivity index is 2.32. The lowest BCUT2D eigenvalue weighted by atomic mass is 9.86. The number of benzene rings is 1. The number of nitrogens with one attached hydrogen (secondary N) is 1. The highest BCUT2D eigenvalue weighted by molar-refractivity contribution is 5.93. The van der Waals surface area contributed by atoms with Gasteiger partial charge in [-0.1, -0.05) is 32.9 Å². The molecule has 1 aliphatic carbocycles. The summed E-state index contributed by atoms with van der Waals surface area (Å²) in [5, 5.41) is 0. The average molecular weight is 291 g/mol. The van der Waals surface area contributed by atoms with Crippen molar-refractivity contribution < 1.29 is 14.3 Å². The van der Waals surface area contributed by atoms with E-state index in [4.69, 9.17) is 16.3 Å². The Morgan fingerprint density at radius 1 is 1.29 bits per heavy atom. The third-order valence-corrected chi connectivity index (χ3v) is 4.01. The van der Waals surface area contributed by atoms with Gasteiger partial charge in [-0.05, 0) is 29.5 Å². The Hall–Kier alpha value is -2.08. The van der Waals surface area contributed by atoms with Crippen LogP contribution in [0.1, 0.15) is 43.1 Å². The second-order valence-corrected chi connectivity index (χ2v) is 6.48. The van der Waals surface area contributed by atoms with E-state index in [0.29, 0.717) is 5.56 Å². The van der Waals surface area contributed by atoms with E-state index in [2.05, 4.69) is 26.2 Å². The van der Waals surface area contributed by atoms with Gasteiger partial charge < -0.3 is 10.5 Å². The van der Waals surface area contributed by atoms with Crippen LogP contribution in [0.2, 0.25) is 0 Å². The Morgan fingerprint density at radius 3 is 2.24 bits per heavy atom. The molecular formula is C15H21N3O3. The highest BCUT2D eigenvalue weighted by Gasteiger charge is 2.63. The Kier molecular flexibility index (Phi) is 3.67. The molecule has 1 aliphatic rings. The number of rotatable bonds is 3. The lowest BCUT2D eigenvalue weighted by Gasteiger charge is -2.25. The monoisotopic (exact) mass is 291 g/mol. The number of primary amides is 1. The van der Waals surface area contributed by atoms with E-state index in [0.717, 1.165) is 12.0 Å². The second kappa shape index (κ2) is 5.04. The van der Waals surface area contributed by atoms with Gasteiger partial charge in [-0.2, -0.15) is 0 Å². The number of nitrogens with two attached hydrogens (primary N) is 2. The van der Waals surface area contributed by atoms with Gasteiger partial charge in [-0.15, -0.1) is 0 Å². The summed E-state index contributed by atoms with van der Waals surface area (Å²) in [7, 11) is 0. The van der Waals surface area contributed by atoms with Gasteiger partial charge in [0.05, 0.1) is 0 Å². The molecule has 1 fully saturated rings. The van der Waals surface area contributed by atoms with Crippen molar-refractivity contribution in [2.75, 3.05) is 0 Å². The van der Waals surface area contributed by atoms with Gasteiger partial charge in [0, 0.05) is 11.5 Å². The summed E-state index contributed by atoms with van der Waals surface area (Å²) in [5.74, 6) is 4.92. The lowest BCUT2D eigenvalue weighted by molar-refractivity contribution is 0.0620. The standard InChI is InChI=1S/C15H21N3O3/c1-14(2,3)11-8-15(11,21-13(16)20)10-6-4-9(5-7-10)12(19)18-17/h4-7,11H,8,17H2,1-3H3,(H2,16,20)(H,18,19). The van der Waals surface area contributed by atoms with Crippen molar-refractivity contribution >= 4 is 12.0 Å². The second-order valence-electron chi connectivity index (χ2n) is 6.48. The lowest BCUT2D eigenvalue weighted by Crippen LogP contribution is -2.30. The van der Waals surface area contributed by atoms with Crippen LogP contribution in [0.25, 0.3) is 0 Å². The zero-order valence-electron chi connectivity index (χ0n) is 12.5. The molecule has 2 rings (SSSR count). The summed E-state index contributed by atoms with van der Waals surface area (Å²) in [6, 6.07) is 6.86. The fourth-order valence-corrected chi connectivity index (χ4v) is 2.91. The largest absolute Gasteiger partial charge is 0.438 e. The first-order chi connectivity index (χ1) is 9.70. The molecule has 2 amide bonds. The molecule has 0 aliphatic heterocycles. The van der Waals surface area contributed by atoms with Crippen molar-refractivity contribution in [2.24, 2.45) is 22.9 Å². The molecule has 21 heavy (non-hydrogen) atoms. The van der Waals surface area contributed by atoms with Crippen molar-refractivity contribution in [3.05, 3.63) is 35.4 Å². The number of amides is 2. The molecule has 1 aromatic rings. The zero-order valence-corrected chi connectivity index (χ0v) is 12.5. The highest BCUT2D eigenvalue weighted by Crippen LogP contribution is 2.62. The third-order valence-electron chi connectivity index (χ3n) is 4.01. The number of carbonyl (C=O) groups is 2. The van der Waals surface area contributed by atoms with E-state index in [1.807, 2.05) is 0 Å². The molecule has 114 valence electrons. The van der Waals surface area contributed by atoms with Gasteiger partial charge in [0.15, 0.2) is 0 Å². The molecule has 0 aromatic heterocycles. The molecule has 2 unspecified atom stereocenters. The van der Waals surface area contributed by atoms with Crippen LogP contribution in [-0.4, -0.2) is 12.0 Å². The summed E-state index contributed by atoms with van der Waals surface area (Å²) >= 11 is 0. The maximum atomic E-state index is 11.4. The highest BCUT2D eigenvalue weighted by atomic mass is 16.6. The van der Waals surface area contributed by atoms with Gasteiger partial charge in [-0.3, -0.25) is 10.2 Å². The Labute approximate surface area is 123 Å². The van der Waals surface area contributed by atoms with Gasteiger partial charge in [0.25, 0.3) is 5.91 Å². The fraction of sp³-hybridized carbons (Fsp3) is 0.467. The van der Waals surface area contributed by atoms with Crippen molar-refractivity contribution in [3.8, 4) is 0 Å². The number of hydrogen-bond donors (Lipinski definition) is 3. The first kappa shape index (κ1) is 15.3. The van der Waals surface area contributed by atoms with Crippen LogP contribution in [0.3, 0.4) is 0 Å². The van der Waals surface area contributed by atoms with Gasteiger partial charge >= 0.3 is 6.09 Å². The van der Waals surface area contributed by atoms with Gasteiger partial charge in [-0.25, -0.2) is 10.6 Å². The third kappa shape index (κ3) is 2.85. The maximum absolute atomic E-state index is 11.4. The summed E-state index contributed by atoms with van der Waals surface area (Å²) < 4.78 is 5.41. The van der Waals surface area contributed by atoms with Crippen LogP contribution in [0.4, 0.5) is 4.79 Å². The van der Waals surface area contributed by atoms with E-state index in [1.165, 1.54) is 0 Å². The molecule has 0 heterocycles. The quantitative estimate of drug-likeness (QED) is 0.447. The molecule has 2 atom stereocenters. The molecule has 0 spiro atoms. The van der Waals surface area contributed by atoms with E-state index in [-0.39, 0.29) is 17.2 Å². The number of hydrazine groups is 1. The first-order valence-corrected chi connectivity index (χ1v) is 6.80. The van der Waals surface area contributed by atoms with Crippen molar-refractivity contribution in [2.45, 2.75) is 32.8 Å². The van der Waals surface area contributed by atoms with Crippen LogP contribution in [0, 0.1) is 11.3 Å². The van der Waals surface area contributed by atoms with E-state index in [1.54, 1.807) is 24.3 Å². The molecule has 1 aromatic carbocycles. The molecule has 5 N–H and O–H groups in total. The number of hydrogen-bond acceptors (Lipinski definition) is 4. The van der Waals surface area contributed by atoms with Crippen LogP contribution in [-0.2, 0) is 10.3 Å². The predicted molar refractivity (Wildman–Crippen MR) is 78.0 cm³/mol. The average Bonchev–Trinajstić information content (AvgIpc) is 3.13. The predicted octanol–water partition coefficient (Wildman–Crippen LogP) is 1.65. The maximum Gasteiger partial charge on any atom is 0.405 e. The van der Waals surface area contributed by atoms with E-state index >= 15 is 0 Å². The summed E-state index contributed by atoms with van der Waals surface area (Å²) in [4.78, 5) is 22.7. The van der Waals surface area contributed by atoms with Crippen LogP contribution in [0.5, 0.6) is 0 Å². The Bertz CT molecular complexity index is 563. The summed E-state index contributed by atoms with van der Waals surface area (Å²) in [6.07, 6.45) is -0.0625. The number of nitrogen functional groups attached to an aromatic ring is 1. The smallest absolute Gasteiger partial charge is 0.405 e. The number of ether oxygens (including phenoxy) is 1. The molecule has 1 saturated carbocycles. The van der Waals surface area contributed by atoms with Crippen LogP contribution in [0.15, 0.2) is 24.3 Å². The molecule has 0 radical (unpaired) electrons.